The molecule has 1 aliphatic carbocycles. The molecule has 6 radical (unpaired) electrons. The van der Waals surface area contributed by atoms with Crippen molar-refractivity contribution < 1.29 is 23.9 Å². The molecule has 40 heavy (non-hydrogen) atoms. The number of rotatable bonds is 12. The minimum Gasteiger partial charge on any atom is -0.494 e. The van der Waals surface area contributed by atoms with Crippen LogP contribution in [0.15, 0.2) is 30.5 Å². The van der Waals surface area contributed by atoms with Gasteiger partial charge in [-0.2, -0.15) is 0 Å². The summed E-state index contributed by atoms with van der Waals surface area (Å²) in [5, 5.41) is 17.4. The summed E-state index contributed by atoms with van der Waals surface area (Å²) in [5.74, 6) is -0.717. The van der Waals surface area contributed by atoms with Crippen molar-refractivity contribution in [2.24, 2.45) is 5.92 Å². The maximum Gasteiger partial charge on any atom is 0.272 e. The first kappa shape index (κ1) is 29.1. The molecule has 0 atom stereocenters. The second-order valence-electron chi connectivity index (χ2n) is 9.00. The molecule has 2 aromatic heterocycles. The van der Waals surface area contributed by atoms with Gasteiger partial charge in [0, 0.05) is 30.2 Å². The number of methoxy groups -OCH3 is 2. The molecule has 0 bridgehead atoms. The molecule has 4 rings (SSSR count). The summed E-state index contributed by atoms with van der Waals surface area (Å²) in [4.78, 5) is 42.2. The number of thiazole rings is 1. The Labute approximate surface area is 238 Å². The van der Waals surface area contributed by atoms with Gasteiger partial charge in [-0.15, -0.1) is 21.5 Å². The van der Waals surface area contributed by atoms with Gasteiger partial charge in [-0.05, 0) is 25.0 Å². The lowest BCUT2D eigenvalue weighted by Crippen LogP contribution is -2.50. The molecular weight excluding hydrogens is 531 g/mol. The Morgan fingerprint density at radius 3 is 2.58 bits per heavy atom. The van der Waals surface area contributed by atoms with E-state index in [1.807, 2.05) is 6.07 Å². The van der Waals surface area contributed by atoms with Gasteiger partial charge in [-0.3, -0.25) is 14.4 Å². The first-order valence-electron chi connectivity index (χ1n) is 12.1. The first-order valence-corrected chi connectivity index (χ1v) is 12.9. The summed E-state index contributed by atoms with van der Waals surface area (Å²) in [6.45, 7) is 0.257. The highest BCUT2D eigenvalue weighted by Gasteiger charge is 2.30. The highest BCUT2D eigenvalue weighted by molar-refractivity contribution is 7.15. The summed E-state index contributed by atoms with van der Waals surface area (Å²) in [7, 11) is 19.6. The van der Waals surface area contributed by atoms with Gasteiger partial charge >= 0.3 is 0 Å². The van der Waals surface area contributed by atoms with Crippen LogP contribution in [0.2, 0.25) is 0 Å². The summed E-state index contributed by atoms with van der Waals surface area (Å²) in [6, 6.07) is 6.78. The predicted molar refractivity (Wildman–Crippen MR) is 152 cm³/mol. The van der Waals surface area contributed by atoms with Crippen LogP contribution in [0.4, 0.5) is 17.2 Å². The number of carbonyl (C=O) groups excluding carboxylic acids is 3. The Hall–Kier alpha value is -3.91. The predicted octanol–water partition coefficient (Wildman–Crippen LogP) is 0.810. The number of para-hydroxylation sites is 1. The normalized spacial score (nSPS) is 12.8. The van der Waals surface area contributed by atoms with E-state index in [1.165, 1.54) is 31.6 Å². The number of nitrogens with one attached hydrogen (secondary N) is 4. The van der Waals surface area contributed by atoms with Crippen molar-refractivity contribution in [1.82, 2.24) is 25.8 Å². The maximum atomic E-state index is 12.9. The van der Waals surface area contributed by atoms with Crippen LogP contribution < -0.4 is 26.0 Å². The summed E-state index contributed by atoms with van der Waals surface area (Å²) in [6.07, 6.45) is 3.27. The van der Waals surface area contributed by atoms with Crippen LogP contribution in [0, 0.1) is 5.92 Å². The molecule has 200 valence electrons. The fraction of sp³-hybridized carbons (Fsp3) is 0.333. The third-order valence-electron chi connectivity index (χ3n) is 5.55. The number of ether oxygens (including phenoxy) is 2. The van der Waals surface area contributed by atoms with E-state index in [-0.39, 0.29) is 41.5 Å². The van der Waals surface area contributed by atoms with Gasteiger partial charge in [0.1, 0.15) is 11.6 Å². The Morgan fingerprint density at radius 2 is 1.90 bits per heavy atom. The first-order chi connectivity index (χ1) is 19.1. The Bertz CT molecular complexity index is 1410. The van der Waals surface area contributed by atoms with E-state index in [1.54, 1.807) is 18.3 Å². The number of carbonyl (C=O) groups is 3. The quantitative estimate of drug-likeness (QED) is 0.238. The minimum atomic E-state index is -2.00. The molecule has 1 aromatic carbocycles. The maximum absolute atomic E-state index is 12.9. The van der Waals surface area contributed by atoms with E-state index in [9.17, 15) is 14.4 Å². The van der Waals surface area contributed by atoms with Crippen molar-refractivity contribution in [3.8, 4) is 16.3 Å². The Kier molecular flexibility index (Phi) is 9.10. The number of hydrogen-bond acceptors (Lipinski definition) is 10. The number of benzene rings is 1. The number of aromatic nitrogens is 3. The molecule has 12 nitrogen and oxygen atoms in total. The number of hydrogen-bond donors (Lipinski definition) is 4. The lowest BCUT2D eigenvalue weighted by Gasteiger charge is -2.23. The van der Waals surface area contributed by atoms with E-state index >= 15 is 0 Å². The monoisotopic (exact) mass is 555 g/mol. The summed E-state index contributed by atoms with van der Waals surface area (Å²) >= 11 is 1.37. The molecule has 16 heteroatoms. The second kappa shape index (κ2) is 12.5. The average Bonchev–Trinajstić information content (AvgIpc) is 3.64. The fourth-order valence-electron chi connectivity index (χ4n) is 3.60. The number of anilines is 3. The van der Waals surface area contributed by atoms with E-state index in [4.69, 9.17) is 33.0 Å². The molecule has 0 spiro atoms. The van der Waals surface area contributed by atoms with E-state index in [2.05, 4.69) is 36.4 Å². The second-order valence-corrected chi connectivity index (χ2v) is 10.1. The average molecular weight is 555 g/mol. The van der Waals surface area contributed by atoms with Gasteiger partial charge in [-0.25, -0.2) is 4.98 Å². The van der Waals surface area contributed by atoms with Gasteiger partial charge in [0.15, 0.2) is 17.3 Å². The molecule has 3 amide bonds. The smallest absolute Gasteiger partial charge is 0.272 e. The Balaban J connectivity index is 1.64. The lowest BCUT2D eigenvalue weighted by molar-refractivity contribution is -0.124. The van der Waals surface area contributed by atoms with Gasteiger partial charge in [0.25, 0.3) is 5.91 Å². The molecule has 2 heterocycles. The molecule has 0 aliphatic heterocycles. The highest BCUT2D eigenvalue weighted by Crippen LogP contribution is 2.40. The van der Waals surface area contributed by atoms with Gasteiger partial charge in [0.05, 0.1) is 54.1 Å². The number of nitrogens with zero attached hydrogens (tertiary/aromatic N) is 3. The van der Waals surface area contributed by atoms with Crippen molar-refractivity contribution in [2.75, 3.05) is 31.5 Å². The molecule has 1 saturated carbocycles. The number of amides is 3. The van der Waals surface area contributed by atoms with Gasteiger partial charge in [-0.1, -0.05) is 11.3 Å². The highest BCUT2D eigenvalue weighted by atomic mass is 32.1. The van der Waals surface area contributed by atoms with Crippen LogP contribution in [0.25, 0.3) is 10.6 Å². The molecule has 1 aliphatic rings. The van der Waals surface area contributed by atoms with Crippen molar-refractivity contribution >= 4 is 69.8 Å². The van der Waals surface area contributed by atoms with Crippen LogP contribution in [0.1, 0.15) is 28.2 Å². The van der Waals surface area contributed by atoms with Crippen molar-refractivity contribution in [3.05, 3.63) is 41.0 Å². The topological polar surface area (TPSA) is 156 Å². The third-order valence-corrected chi connectivity index (χ3v) is 6.58. The van der Waals surface area contributed by atoms with Gasteiger partial charge < -0.3 is 30.7 Å². The molecule has 3 aromatic rings. The lowest BCUT2D eigenvalue weighted by atomic mass is 9.49. The largest absolute Gasteiger partial charge is 0.494 e. The minimum absolute atomic E-state index is 0.0358. The van der Waals surface area contributed by atoms with E-state index in [0.29, 0.717) is 28.6 Å². The van der Waals surface area contributed by atoms with E-state index < -0.39 is 11.1 Å². The zero-order chi connectivity index (χ0) is 28.9. The molecule has 0 saturated heterocycles. The van der Waals surface area contributed by atoms with Gasteiger partial charge in [0.2, 0.25) is 11.8 Å². The third kappa shape index (κ3) is 7.60. The van der Waals surface area contributed by atoms with Crippen LogP contribution in [-0.4, -0.2) is 82.5 Å². The zero-order valence-corrected chi connectivity index (χ0v) is 22.6. The Morgan fingerprint density at radius 1 is 1.12 bits per heavy atom. The summed E-state index contributed by atoms with van der Waals surface area (Å²) < 4.78 is 10.5. The molecule has 4 N–H and O–H groups in total. The van der Waals surface area contributed by atoms with Crippen molar-refractivity contribution in [2.45, 2.75) is 24.6 Å². The SMILES string of the molecule is [B]C([B])([B])NC(=O)c1nnc(NC(=O)C2CC2)cc1Nc1cccc(-c2ncc(CNC(=O)COC)s2)c1OC. The van der Waals surface area contributed by atoms with Crippen LogP contribution >= 0.6 is 11.3 Å². The van der Waals surface area contributed by atoms with Crippen LogP contribution in [0.5, 0.6) is 5.75 Å². The standard InChI is InChI=1S/C24H24B3N7O5S/c1-38-11-18(35)28-9-13-10-29-23(40-13)14-4-3-5-15(20(14)39-2)30-16-8-17(31-21(36)12-6-7-12)33-34-19(16)22(37)32-24(25,26)27/h3-5,8,10,12H,6-7,9,11H2,1-2H3,(H,28,35)(H,32,37)(H2,30,31,33,36). The molecular formula is C24H24B3N7O5S. The van der Waals surface area contributed by atoms with E-state index in [0.717, 1.165) is 17.7 Å². The summed E-state index contributed by atoms with van der Waals surface area (Å²) in [5.41, 5.74) is 1.13. The van der Waals surface area contributed by atoms with Crippen molar-refractivity contribution in [1.29, 1.82) is 0 Å². The fourth-order valence-corrected chi connectivity index (χ4v) is 4.47. The van der Waals surface area contributed by atoms with Crippen LogP contribution in [-0.2, 0) is 20.9 Å². The molecule has 0 unspecified atom stereocenters. The van der Waals surface area contributed by atoms with Crippen LogP contribution in [0.3, 0.4) is 0 Å². The molecule has 1 fully saturated rings. The van der Waals surface area contributed by atoms with Crippen molar-refractivity contribution in [3.63, 3.8) is 0 Å². The zero-order valence-electron chi connectivity index (χ0n) is 21.8.